The van der Waals surface area contributed by atoms with E-state index in [0.717, 1.165) is 0 Å². The molecule has 1 aliphatic rings. The summed E-state index contributed by atoms with van der Waals surface area (Å²) in [5.41, 5.74) is -2.59. The fourth-order valence-corrected chi connectivity index (χ4v) is 5.23. The van der Waals surface area contributed by atoms with Crippen LogP contribution in [0.15, 0.2) is 64.3 Å². The van der Waals surface area contributed by atoms with Crippen molar-refractivity contribution in [2.75, 3.05) is 0 Å². The molecule has 1 amide bonds. The van der Waals surface area contributed by atoms with E-state index in [1.165, 1.54) is 29.8 Å². The Bertz CT molecular complexity index is 1570. The largest absolute Gasteiger partial charge is 0.478 e. The molecule has 2 heterocycles. The molecule has 12 nitrogen and oxygen atoms in total. The Morgan fingerprint density at radius 2 is 1.52 bits per heavy atom. The summed E-state index contributed by atoms with van der Waals surface area (Å²) < 4.78 is 13.3. The number of carbonyl (C=O) groups is 3. The smallest absolute Gasteiger partial charge is 0.407 e. The predicted molar refractivity (Wildman–Crippen MR) is 151 cm³/mol. The number of carboxylic acid groups (broad SMARTS) is 2. The van der Waals surface area contributed by atoms with Crippen molar-refractivity contribution in [3.05, 3.63) is 103 Å². The van der Waals surface area contributed by atoms with Crippen molar-refractivity contribution in [1.29, 1.82) is 0 Å². The zero-order valence-corrected chi connectivity index (χ0v) is 23.7. The molecule has 4 N–H and O–H groups in total. The van der Waals surface area contributed by atoms with E-state index >= 15 is 0 Å². The van der Waals surface area contributed by atoms with Crippen LogP contribution in [0.4, 0.5) is 4.79 Å². The van der Waals surface area contributed by atoms with Crippen molar-refractivity contribution in [1.82, 2.24) is 14.9 Å². The van der Waals surface area contributed by atoms with E-state index in [4.69, 9.17) is 9.47 Å². The molecule has 1 aliphatic heterocycles. The number of carboxylic acids is 2. The molecule has 2 atom stereocenters. The number of aromatic nitrogens is 2. The maximum atomic E-state index is 13.1. The third-order valence-electron chi connectivity index (χ3n) is 7.07. The Kier molecular flexibility index (Phi) is 8.39. The lowest BCUT2D eigenvalue weighted by atomic mass is 9.80. The molecule has 42 heavy (non-hydrogen) atoms. The zero-order chi connectivity index (χ0) is 30.8. The number of carbonyl (C=O) groups excluding carboxylic acids is 1. The number of alkyl carbamates (subject to hydrolysis) is 1. The van der Waals surface area contributed by atoms with Gasteiger partial charge in [-0.25, -0.2) is 19.2 Å². The molecule has 12 heteroatoms. The number of aromatic carboxylic acids is 2. The summed E-state index contributed by atoms with van der Waals surface area (Å²) >= 11 is 0. The summed E-state index contributed by atoms with van der Waals surface area (Å²) in [6, 6.07) is 11.7. The molecule has 1 saturated heterocycles. The second-order valence-electron chi connectivity index (χ2n) is 11.3. The van der Waals surface area contributed by atoms with E-state index in [1.54, 1.807) is 57.2 Å². The van der Waals surface area contributed by atoms with Gasteiger partial charge in [0, 0.05) is 31.0 Å². The quantitative estimate of drug-likeness (QED) is 0.312. The molecule has 0 spiro atoms. The SMILES string of the molecule is Cc1cn([C@H]2C[C@H](NC(=O)OC(C)(C)C)C(Cc3ccccc3C(=O)O)(Cc3ccccc3C(=O)O)O2)c(=O)[nH]c1=O. The summed E-state index contributed by atoms with van der Waals surface area (Å²) in [5, 5.41) is 22.7. The van der Waals surface area contributed by atoms with Gasteiger partial charge in [0.15, 0.2) is 0 Å². The normalized spacial score (nSPS) is 17.9. The minimum atomic E-state index is -1.46. The summed E-state index contributed by atoms with van der Waals surface area (Å²) in [6.07, 6.45) is -0.557. The third-order valence-corrected chi connectivity index (χ3v) is 7.07. The van der Waals surface area contributed by atoms with Gasteiger partial charge in [0.1, 0.15) is 11.8 Å². The van der Waals surface area contributed by atoms with Gasteiger partial charge in [0.25, 0.3) is 5.56 Å². The average Bonchev–Trinajstić information content (AvgIpc) is 3.22. The minimum absolute atomic E-state index is 0.00325. The maximum Gasteiger partial charge on any atom is 0.407 e. The Balaban J connectivity index is 1.90. The van der Waals surface area contributed by atoms with Crippen molar-refractivity contribution >= 4 is 18.0 Å². The summed E-state index contributed by atoms with van der Waals surface area (Å²) in [4.78, 5) is 64.5. The number of amides is 1. The fourth-order valence-electron chi connectivity index (χ4n) is 5.23. The van der Waals surface area contributed by atoms with Crippen molar-refractivity contribution in [2.24, 2.45) is 0 Å². The van der Waals surface area contributed by atoms with Gasteiger partial charge in [-0.2, -0.15) is 0 Å². The van der Waals surface area contributed by atoms with Gasteiger partial charge in [0.05, 0.1) is 22.8 Å². The molecular weight excluding hydrogens is 546 g/mol. The molecule has 0 saturated carbocycles. The molecule has 2 aromatic carbocycles. The Morgan fingerprint density at radius 1 is 1.00 bits per heavy atom. The number of hydrogen-bond donors (Lipinski definition) is 4. The number of hydrogen-bond acceptors (Lipinski definition) is 7. The number of benzene rings is 2. The van der Waals surface area contributed by atoms with Crippen molar-refractivity contribution in [2.45, 2.75) is 70.4 Å². The molecule has 3 aromatic rings. The number of ether oxygens (including phenoxy) is 2. The van der Waals surface area contributed by atoms with E-state index in [1.807, 2.05) is 0 Å². The zero-order valence-electron chi connectivity index (χ0n) is 23.7. The van der Waals surface area contributed by atoms with Crippen molar-refractivity contribution < 1.29 is 34.1 Å². The molecule has 0 radical (unpaired) electrons. The molecule has 222 valence electrons. The van der Waals surface area contributed by atoms with Crippen LogP contribution in [0.25, 0.3) is 0 Å². The van der Waals surface area contributed by atoms with E-state index in [2.05, 4.69) is 10.3 Å². The average molecular weight is 580 g/mol. The number of aryl methyl sites for hydroxylation is 1. The van der Waals surface area contributed by atoms with Gasteiger partial charge in [-0.15, -0.1) is 0 Å². The number of aromatic amines is 1. The van der Waals surface area contributed by atoms with Crippen LogP contribution >= 0.6 is 0 Å². The summed E-state index contributed by atoms with van der Waals surface area (Å²) in [6.45, 7) is 6.62. The first-order valence-electron chi connectivity index (χ1n) is 13.3. The monoisotopic (exact) mass is 579 g/mol. The van der Waals surface area contributed by atoms with Crippen LogP contribution in [0, 0.1) is 6.92 Å². The van der Waals surface area contributed by atoms with Crippen LogP contribution in [0.1, 0.15) is 70.8 Å². The molecular formula is C30H33N3O9. The first-order chi connectivity index (χ1) is 19.7. The van der Waals surface area contributed by atoms with E-state index in [0.29, 0.717) is 11.1 Å². The summed E-state index contributed by atoms with van der Waals surface area (Å²) in [7, 11) is 0. The first kappa shape index (κ1) is 30.3. The second kappa shape index (κ2) is 11.6. The van der Waals surface area contributed by atoms with Gasteiger partial charge in [-0.1, -0.05) is 36.4 Å². The second-order valence-corrected chi connectivity index (χ2v) is 11.3. The van der Waals surface area contributed by atoms with Crippen LogP contribution in [0.2, 0.25) is 0 Å². The highest BCUT2D eigenvalue weighted by Crippen LogP contribution is 2.42. The number of nitrogens with zero attached hydrogens (tertiary/aromatic N) is 1. The first-order valence-corrected chi connectivity index (χ1v) is 13.3. The van der Waals surface area contributed by atoms with Crippen molar-refractivity contribution in [3.63, 3.8) is 0 Å². The molecule has 1 fully saturated rings. The van der Waals surface area contributed by atoms with Crippen LogP contribution < -0.4 is 16.6 Å². The lowest BCUT2D eigenvalue weighted by Gasteiger charge is -2.36. The standard InChI is InChI=1S/C30H33N3O9/c1-17-16-33(27(39)32-24(17)34)23-13-22(31-28(40)42-29(2,3)4)30(41-23,14-18-9-5-7-11-20(18)25(35)36)15-19-10-6-8-12-21(19)26(37)38/h5-12,16,22-23H,13-15H2,1-4H3,(H,31,40)(H,35,36)(H,37,38)(H,32,34,39)/t22-,23+/m0/s1. The Hall–Kier alpha value is -4.71. The van der Waals surface area contributed by atoms with Crippen LogP contribution in [0.5, 0.6) is 0 Å². The minimum Gasteiger partial charge on any atom is -0.478 e. The lowest BCUT2D eigenvalue weighted by Crippen LogP contribution is -2.54. The van der Waals surface area contributed by atoms with Crippen LogP contribution in [0.3, 0.4) is 0 Å². The number of H-pyrrole nitrogens is 1. The fraction of sp³-hybridized carbons (Fsp3) is 0.367. The van der Waals surface area contributed by atoms with Gasteiger partial charge in [-0.3, -0.25) is 14.3 Å². The molecule has 1 aromatic heterocycles. The lowest BCUT2D eigenvalue weighted by molar-refractivity contribution is -0.0805. The van der Waals surface area contributed by atoms with Gasteiger partial charge in [0.2, 0.25) is 0 Å². The highest BCUT2D eigenvalue weighted by molar-refractivity contribution is 5.90. The highest BCUT2D eigenvalue weighted by atomic mass is 16.6. The Labute approximate surface area is 240 Å². The predicted octanol–water partition coefficient (Wildman–Crippen LogP) is 3.28. The highest BCUT2D eigenvalue weighted by Gasteiger charge is 2.51. The van der Waals surface area contributed by atoms with Crippen molar-refractivity contribution in [3.8, 4) is 0 Å². The molecule has 4 rings (SSSR count). The topological polar surface area (TPSA) is 177 Å². The van der Waals surface area contributed by atoms with Crippen LogP contribution in [-0.2, 0) is 22.3 Å². The van der Waals surface area contributed by atoms with Crippen LogP contribution in [-0.4, -0.2) is 55.0 Å². The van der Waals surface area contributed by atoms with Gasteiger partial charge in [-0.05, 0) is 51.0 Å². The third kappa shape index (κ3) is 6.60. The van der Waals surface area contributed by atoms with Gasteiger partial charge >= 0.3 is 23.7 Å². The van der Waals surface area contributed by atoms with E-state index in [9.17, 15) is 34.2 Å². The van der Waals surface area contributed by atoms with Gasteiger partial charge < -0.3 is 25.0 Å². The maximum absolute atomic E-state index is 13.1. The molecule has 0 aliphatic carbocycles. The summed E-state index contributed by atoms with van der Waals surface area (Å²) in [5.74, 6) is -2.35. The molecule has 0 bridgehead atoms. The van der Waals surface area contributed by atoms with E-state index < -0.39 is 52.8 Å². The number of rotatable bonds is 8. The van der Waals surface area contributed by atoms with E-state index in [-0.39, 0.29) is 36.0 Å². The molecule has 0 unspecified atom stereocenters. The Morgan fingerprint density at radius 3 is 2.02 bits per heavy atom. The number of nitrogens with one attached hydrogen (secondary N) is 2.